The van der Waals surface area contributed by atoms with Crippen LogP contribution in [0.1, 0.15) is 53.4 Å². The summed E-state index contributed by atoms with van der Waals surface area (Å²) >= 11 is 0. The maximum atomic E-state index is 6.35. The van der Waals surface area contributed by atoms with Crippen molar-refractivity contribution in [1.29, 1.82) is 0 Å². The second kappa shape index (κ2) is 4.18. The average molecular weight is 221 g/mol. The van der Waals surface area contributed by atoms with Crippen molar-refractivity contribution in [1.82, 2.24) is 0 Å². The molecule has 2 N–H and O–H groups in total. The van der Waals surface area contributed by atoms with E-state index in [1.807, 2.05) is 0 Å². The molecular formula is C15H27N. The predicted octanol–water partition coefficient (Wildman–Crippen LogP) is 3.74. The van der Waals surface area contributed by atoms with E-state index in [0.29, 0.717) is 0 Å². The van der Waals surface area contributed by atoms with Crippen molar-refractivity contribution >= 4 is 0 Å². The van der Waals surface area contributed by atoms with E-state index in [-0.39, 0.29) is 5.54 Å². The van der Waals surface area contributed by atoms with E-state index in [9.17, 15) is 0 Å². The number of hydrogen-bond donors (Lipinski definition) is 1. The highest BCUT2D eigenvalue weighted by Crippen LogP contribution is 2.47. The number of hydrogen-bond acceptors (Lipinski definition) is 1. The highest BCUT2D eigenvalue weighted by Gasteiger charge is 2.40. The summed E-state index contributed by atoms with van der Waals surface area (Å²) < 4.78 is 0. The maximum Gasteiger partial charge on any atom is 0.0166 e. The molecule has 0 aliphatic heterocycles. The zero-order chi connectivity index (χ0) is 11.9. The normalized spacial score (nSPS) is 44.1. The average Bonchev–Trinajstić information content (AvgIpc) is 2.15. The molecule has 0 aromatic rings. The van der Waals surface area contributed by atoms with E-state index in [1.165, 1.54) is 19.3 Å². The molecule has 1 nitrogen and oxygen atoms in total. The van der Waals surface area contributed by atoms with Gasteiger partial charge >= 0.3 is 0 Å². The van der Waals surface area contributed by atoms with Crippen LogP contribution in [0.2, 0.25) is 0 Å². The molecule has 2 rings (SSSR count). The van der Waals surface area contributed by atoms with Crippen molar-refractivity contribution in [2.75, 3.05) is 0 Å². The molecule has 0 amide bonds. The summed E-state index contributed by atoms with van der Waals surface area (Å²) in [7, 11) is 0. The molecule has 92 valence electrons. The van der Waals surface area contributed by atoms with Crippen LogP contribution in [0.5, 0.6) is 0 Å². The first kappa shape index (κ1) is 12.2. The number of nitrogens with two attached hydrogens (primary N) is 1. The molecule has 0 saturated heterocycles. The lowest BCUT2D eigenvalue weighted by Gasteiger charge is -2.46. The fourth-order valence-electron chi connectivity index (χ4n) is 3.78. The SMILES string of the molecule is CC1CCC(C(C)C)C2CC(C)(N)CC=C12. The lowest BCUT2D eigenvalue weighted by Crippen LogP contribution is -2.45. The van der Waals surface area contributed by atoms with Gasteiger partial charge < -0.3 is 5.73 Å². The first-order valence-corrected chi connectivity index (χ1v) is 6.89. The van der Waals surface area contributed by atoms with Gasteiger partial charge in [0.05, 0.1) is 0 Å². The summed E-state index contributed by atoms with van der Waals surface area (Å²) in [5.41, 5.74) is 8.12. The Morgan fingerprint density at radius 1 is 1.38 bits per heavy atom. The fraction of sp³-hybridized carbons (Fsp3) is 0.867. The van der Waals surface area contributed by atoms with Crippen molar-refractivity contribution < 1.29 is 0 Å². The van der Waals surface area contributed by atoms with Gasteiger partial charge in [0.25, 0.3) is 0 Å². The Morgan fingerprint density at radius 2 is 2.06 bits per heavy atom. The van der Waals surface area contributed by atoms with Gasteiger partial charge in [-0.15, -0.1) is 0 Å². The van der Waals surface area contributed by atoms with Crippen molar-refractivity contribution in [2.45, 2.75) is 58.9 Å². The van der Waals surface area contributed by atoms with E-state index < -0.39 is 0 Å². The monoisotopic (exact) mass is 221 g/mol. The van der Waals surface area contributed by atoms with Crippen LogP contribution in [0, 0.1) is 23.7 Å². The predicted molar refractivity (Wildman–Crippen MR) is 70.1 cm³/mol. The van der Waals surface area contributed by atoms with Gasteiger partial charge in [0.1, 0.15) is 0 Å². The van der Waals surface area contributed by atoms with Crippen molar-refractivity contribution in [3.8, 4) is 0 Å². The summed E-state index contributed by atoms with van der Waals surface area (Å²) in [6.45, 7) is 9.37. The zero-order valence-corrected chi connectivity index (χ0v) is 11.3. The topological polar surface area (TPSA) is 26.0 Å². The van der Waals surface area contributed by atoms with Crippen LogP contribution in [0.3, 0.4) is 0 Å². The van der Waals surface area contributed by atoms with Crippen molar-refractivity contribution in [2.24, 2.45) is 29.4 Å². The van der Waals surface area contributed by atoms with Crippen molar-refractivity contribution in [3.05, 3.63) is 11.6 Å². The van der Waals surface area contributed by atoms with Crippen LogP contribution in [0.4, 0.5) is 0 Å². The lowest BCUT2D eigenvalue weighted by molar-refractivity contribution is 0.159. The molecule has 2 aliphatic carbocycles. The van der Waals surface area contributed by atoms with Gasteiger partial charge in [-0.1, -0.05) is 32.4 Å². The molecule has 1 heteroatoms. The molecule has 4 unspecified atom stereocenters. The minimum atomic E-state index is 0.0400. The standard InChI is InChI=1S/C15H27N/c1-10(2)12-6-5-11(3)13-7-8-15(4,16)9-14(12)13/h7,10-12,14H,5-6,8-9,16H2,1-4H3. The van der Waals surface area contributed by atoms with Gasteiger partial charge in [-0.2, -0.15) is 0 Å². The van der Waals surface area contributed by atoms with Crippen LogP contribution in [-0.4, -0.2) is 5.54 Å². The summed E-state index contributed by atoms with van der Waals surface area (Å²) in [5, 5.41) is 0. The molecule has 4 atom stereocenters. The Kier molecular flexibility index (Phi) is 3.18. The molecule has 0 aromatic carbocycles. The second-order valence-corrected chi connectivity index (χ2v) is 6.76. The van der Waals surface area contributed by atoms with Gasteiger partial charge in [-0.25, -0.2) is 0 Å². The molecule has 0 radical (unpaired) electrons. The van der Waals surface area contributed by atoms with Gasteiger partial charge in [0.2, 0.25) is 0 Å². The maximum absolute atomic E-state index is 6.35. The Bertz CT molecular complexity index is 288. The van der Waals surface area contributed by atoms with E-state index in [2.05, 4.69) is 33.8 Å². The summed E-state index contributed by atoms with van der Waals surface area (Å²) in [4.78, 5) is 0. The van der Waals surface area contributed by atoms with E-state index in [4.69, 9.17) is 5.73 Å². The summed E-state index contributed by atoms with van der Waals surface area (Å²) in [6, 6.07) is 0. The minimum absolute atomic E-state index is 0.0400. The van der Waals surface area contributed by atoms with Crippen LogP contribution >= 0.6 is 0 Å². The molecule has 0 spiro atoms. The first-order valence-electron chi connectivity index (χ1n) is 6.89. The largest absolute Gasteiger partial charge is 0.325 e. The highest BCUT2D eigenvalue weighted by molar-refractivity contribution is 5.21. The van der Waals surface area contributed by atoms with Crippen LogP contribution in [0.25, 0.3) is 0 Å². The molecular weight excluding hydrogens is 194 g/mol. The van der Waals surface area contributed by atoms with Gasteiger partial charge in [0.15, 0.2) is 0 Å². The fourth-order valence-corrected chi connectivity index (χ4v) is 3.78. The molecule has 1 fully saturated rings. The minimum Gasteiger partial charge on any atom is -0.325 e. The lowest BCUT2D eigenvalue weighted by atomic mass is 9.61. The third-order valence-electron chi connectivity index (χ3n) is 4.79. The smallest absolute Gasteiger partial charge is 0.0166 e. The molecule has 0 heterocycles. The number of allylic oxidation sites excluding steroid dienone is 1. The highest BCUT2D eigenvalue weighted by atomic mass is 14.7. The van der Waals surface area contributed by atoms with E-state index in [0.717, 1.165) is 30.1 Å². The van der Waals surface area contributed by atoms with Crippen LogP contribution < -0.4 is 5.73 Å². The first-order chi connectivity index (χ1) is 7.41. The molecule has 1 saturated carbocycles. The van der Waals surface area contributed by atoms with Crippen LogP contribution in [-0.2, 0) is 0 Å². The van der Waals surface area contributed by atoms with Gasteiger partial charge in [-0.3, -0.25) is 0 Å². The third kappa shape index (κ3) is 2.20. The Balaban J connectivity index is 2.25. The molecule has 0 bridgehead atoms. The Labute approximate surface area is 100 Å². The van der Waals surface area contributed by atoms with Gasteiger partial charge in [-0.05, 0) is 56.3 Å². The number of rotatable bonds is 1. The zero-order valence-electron chi connectivity index (χ0n) is 11.3. The van der Waals surface area contributed by atoms with Crippen molar-refractivity contribution in [3.63, 3.8) is 0 Å². The molecule has 2 aliphatic rings. The van der Waals surface area contributed by atoms with E-state index >= 15 is 0 Å². The Hall–Kier alpha value is -0.300. The molecule has 16 heavy (non-hydrogen) atoms. The Morgan fingerprint density at radius 3 is 2.69 bits per heavy atom. The second-order valence-electron chi connectivity index (χ2n) is 6.76. The molecule has 0 aromatic heterocycles. The third-order valence-corrected chi connectivity index (χ3v) is 4.79. The summed E-state index contributed by atoms with van der Waals surface area (Å²) in [5.74, 6) is 3.24. The van der Waals surface area contributed by atoms with Gasteiger partial charge in [0, 0.05) is 5.54 Å². The number of fused-ring (bicyclic) bond motifs is 1. The summed E-state index contributed by atoms with van der Waals surface area (Å²) in [6.07, 6.45) is 7.52. The van der Waals surface area contributed by atoms with Crippen LogP contribution in [0.15, 0.2) is 11.6 Å². The van der Waals surface area contributed by atoms with E-state index in [1.54, 1.807) is 5.57 Å². The quantitative estimate of drug-likeness (QED) is 0.671.